The van der Waals surface area contributed by atoms with Gasteiger partial charge in [0.25, 0.3) is 0 Å². The number of imidazole rings is 1. The Morgan fingerprint density at radius 1 is 1.46 bits per heavy atom. The molecule has 0 aliphatic heterocycles. The van der Waals surface area contributed by atoms with E-state index in [0.717, 1.165) is 12.1 Å². The minimum atomic E-state index is 1.06. The minimum Gasteiger partial charge on any atom is -0.304 e. The highest BCUT2D eigenvalue weighted by Gasteiger charge is 2.00. The third-order valence-corrected chi connectivity index (χ3v) is 2.25. The highest BCUT2D eigenvalue weighted by atomic mass is 15.0. The minimum absolute atomic E-state index is 1.06. The topological polar surface area (TPSA) is 17.3 Å². The van der Waals surface area contributed by atoms with Crippen LogP contribution >= 0.6 is 0 Å². The summed E-state index contributed by atoms with van der Waals surface area (Å²) in [6, 6.07) is 4.23. The molecule has 0 spiro atoms. The van der Waals surface area contributed by atoms with Crippen LogP contribution in [0.4, 0.5) is 0 Å². The second kappa shape index (κ2) is 3.21. The molecule has 0 saturated heterocycles. The number of fused-ring (bicyclic) bond motifs is 1. The zero-order valence-corrected chi connectivity index (χ0v) is 8.12. The van der Waals surface area contributed by atoms with Gasteiger partial charge in [-0.1, -0.05) is 13.3 Å². The molecule has 2 heterocycles. The molecule has 2 heteroatoms. The van der Waals surface area contributed by atoms with Gasteiger partial charge in [0.15, 0.2) is 0 Å². The molecule has 0 unspecified atom stereocenters. The molecule has 0 bridgehead atoms. The maximum absolute atomic E-state index is 4.36. The smallest absolute Gasteiger partial charge is 0.137 e. The van der Waals surface area contributed by atoms with Gasteiger partial charge in [0.05, 0.1) is 0 Å². The quantitative estimate of drug-likeness (QED) is 0.684. The van der Waals surface area contributed by atoms with Crippen LogP contribution in [0.3, 0.4) is 0 Å². The second-order valence-electron chi connectivity index (χ2n) is 3.43. The van der Waals surface area contributed by atoms with E-state index in [1.807, 2.05) is 6.20 Å². The van der Waals surface area contributed by atoms with Crippen molar-refractivity contribution in [1.82, 2.24) is 9.38 Å². The van der Waals surface area contributed by atoms with Crippen LogP contribution in [-0.2, 0) is 6.42 Å². The summed E-state index contributed by atoms with van der Waals surface area (Å²) in [5.74, 6) is 0. The molecule has 13 heavy (non-hydrogen) atoms. The Morgan fingerprint density at radius 3 is 3.08 bits per heavy atom. The summed E-state index contributed by atoms with van der Waals surface area (Å²) >= 11 is 0. The van der Waals surface area contributed by atoms with Gasteiger partial charge in [0.1, 0.15) is 5.65 Å². The average Bonchev–Trinajstić information content (AvgIpc) is 2.49. The lowest BCUT2D eigenvalue weighted by molar-refractivity contribution is 0.867. The third kappa shape index (κ3) is 1.44. The summed E-state index contributed by atoms with van der Waals surface area (Å²) in [6.45, 7) is 4.28. The summed E-state index contributed by atoms with van der Waals surface area (Å²) in [7, 11) is 0. The van der Waals surface area contributed by atoms with Gasteiger partial charge in [-0.2, -0.15) is 0 Å². The summed E-state index contributed by atoms with van der Waals surface area (Å²) < 4.78 is 2.16. The van der Waals surface area contributed by atoms with E-state index in [-0.39, 0.29) is 0 Å². The van der Waals surface area contributed by atoms with Gasteiger partial charge in [-0.05, 0) is 31.0 Å². The first-order chi connectivity index (χ1) is 6.31. The molecule has 2 aromatic rings. The summed E-state index contributed by atoms with van der Waals surface area (Å²) in [5.41, 5.74) is 3.63. The van der Waals surface area contributed by atoms with Crippen molar-refractivity contribution in [2.45, 2.75) is 26.7 Å². The zero-order chi connectivity index (χ0) is 9.26. The number of rotatable bonds is 2. The maximum atomic E-state index is 4.36. The third-order valence-electron chi connectivity index (χ3n) is 2.25. The normalized spacial score (nSPS) is 10.9. The highest BCUT2D eigenvalue weighted by Crippen LogP contribution is 2.10. The SMILES string of the molecule is CCCc1cnc2cc(C)ccn12. The lowest BCUT2D eigenvalue weighted by Gasteiger charge is -1.99. The van der Waals surface area contributed by atoms with Crippen LogP contribution in [0.1, 0.15) is 24.6 Å². The van der Waals surface area contributed by atoms with Crippen molar-refractivity contribution < 1.29 is 0 Å². The molecular formula is C11H14N2. The molecule has 0 aliphatic carbocycles. The molecule has 0 atom stereocenters. The Bertz CT molecular complexity index is 415. The van der Waals surface area contributed by atoms with Crippen molar-refractivity contribution in [3.05, 3.63) is 35.8 Å². The van der Waals surface area contributed by atoms with Crippen LogP contribution < -0.4 is 0 Å². The standard InChI is InChI=1S/C11H14N2/c1-3-4-10-8-12-11-7-9(2)5-6-13(10)11/h5-8H,3-4H2,1-2H3. The van der Waals surface area contributed by atoms with Crippen molar-refractivity contribution in [3.8, 4) is 0 Å². The Balaban J connectivity index is 2.55. The average molecular weight is 174 g/mol. The number of aryl methyl sites for hydroxylation is 2. The monoisotopic (exact) mass is 174 g/mol. The largest absolute Gasteiger partial charge is 0.304 e. The Kier molecular flexibility index (Phi) is 2.05. The second-order valence-corrected chi connectivity index (χ2v) is 3.43. The molecule has 2 aromatic heterocycles. The molecule has 0 amide bonds. The summed E-state index contributed by atoms with van der Waals surface area (Å²) in [6.07, 6.45) is 6.34. The Labute approximate surface area is 78.2 Å². The Morgan fingerprint density at radius 2 is 2.31 bits per heavy atom. The van der Waals surface area contributed by atoms with Gasteiger partial charge in [-0.15, -0.1) is 0 Å². The summed E-state index contributed by atoms with van der Waals surface area (Å²) in [5, 5.41) is 0. The van der Waals surface area contributed by atoms with E-state index in [4.69, 9.17) is 0 Å². The van der Waals surface area contributed by atoms with Crippen LogP contribution in [0.5, 0.6) is 0 Å². The molecule has 0 aliphatic rings. The van der Waals surface area contributed by atoms with Gasteiger partial charge in [0, 0.05) is 18.1 Å². The van der Waals surface area contributed by atoms with E-state index in [1.165, 1.54) is 17.7 Å². The van der Waals surface area contributed by atoms with Crippen molar-refractivity contribution in [2.24, 2.45) is 0 Å². The van der Waals surface area contributed by atoms with Gasteiger partial charge >= 0.3 is 0 Å². The molecule has 2 rings (SSSR count). The van der Waals surface area contributed by atoms with Crippen LogP contribution in [0.2, 0.25) is 0 Å². The van der Waals surface area contributed by atoms with Crippen molar-refractivity contribution in [2.75, 3.05) is 0 Å². The van der Waals surface area contributed by atoms with Gasteiger partial charge in [-0.3, -0.25) is 0 Å². The fraction of sp³-hybridized carbons (Fsp3) is 0.364. The van der Waals surface area contributed by atoms with Crippen molar-refractivity contribution >= 4 is 5.65 Å². The van der Waals surface area contributed by atoms with E-state index in [9.17, 15) is 0 Å². The van der Waals surface area contributed by atoms with Gasteiger partial charge in [0.2, 0.25) is 0 Å². The fourth-order valence-corrected chi connectivity index (χ4v) is 1.58. The van der Waals surface area contributed by atoms with Crippen molar-refractivity contribution in [3.63, 3.8) is 0 Å². The molecule has 0 aromatic carbocycles. The lowest BCUT2D eigenvalue weighted by Crippen LogP contribution is -1.91. The number of hydrogen-bond donors (Lipinski definition) is 0. The first-order valence-electron chi connectivity index (χ1n) is 4.74. The molecule has 68 valence electrons. The summed E-state index contributed by atoms with van der Waals surface area (Å²) in [4.78, 5) is 4.36. The zero-order valence-electron chi connectivity index (χ0n) is 8.12. The predicted octanol–water partition coefficient (Wildman–Crippen LogP) is 2.60. The molecule has 0 radical (unpaired) electrons. The molecule has 0 fully saturated rings. The lowest BCUT2D eigenvalue weighted by atomic mass is 10.2. The van der Waals surface area contributed by atoms with E-state index in [2.05, 4.69) is 41.6 Å². The number of pyridine rings is 1. The highest BCUT2D eigenvalue weighted by molar-refractivity contribution is 5.42. The number of nitrogens with zero attached hydrogens (tertiary/aromatic N) is 2. The van der Waals surface area contributed by atoms with Crippen LogP contribution in [0.15, 0.2) is 24.5 Å². The number of hydrogen-bond acceptors (Lipinski definition) is 1. The van der Waals surface area contributed by atoms with Crippen LogP contribution in [-0.4, -0.2) is 9.38 Å². The molecule has 0 N–H and O–H groups in total. The van der Waals surface area contributed by atoms with E-state index >= 15 is 0 Å². The molecule has 2 nitrogen and oxygen atoms in total. The first kappa shape index (κ1) is 8.30. The molecule has 0 saturated carbocycles. The number of aromatic nitrogens is 2. The maximum Gasteiger partial charge on any atom is 0.137 e. The van der Waals surface area contributed by atoms with Crippen LogP contribution in [0.25, 0.3) is 5.65 Å². The van der Waals surface area contributed by atoms with Crippen molar-refractivity contribution in [1.29, 1.82) is 0 Å². The van der Waals surface area contributed by atoms with E-state index in [0.29, 0.717) is 0 Å². The van der Waals surface area contributed by atoms with E-state index < -0.39 is 0 Å². The predicted molar refractivity (Wildman–Crippen MR) is 53.9 cm³/mol. The van der Waals surface area contributed by atoms with Gasteiger partial charge < -0.3 is 4.40 Å². The Hall–Kier alpha value is -1.31. The van der Waals surface area contributed by atoms with Crippen LogP contribution in [0, 0.1) is 6.92 Å². The van der Waals surface area contributed by atoms with E-state index in [1.54, 1.807) is 0 Å². The first-order valence-corrected chi connectivity index (χ1v) is 4.74. The van der Waals surface area contributed by atoms with Gasteiger partial charge in [-0.25, -0.2) is 4.98 Å². The molecular weight excluding hydrogens is 160 g/mol. The fourth-order valence-electron chi connectivity index (χ4n) is 1.58.